The molecule has 7 nitrogen and oxygen atoms in total. The summed E-state index contributed by atoms with van der Waals surface area (Å²) in [6.45, 7) is 5.82. The van der Waals surface area contributed by atoms with Gasteiger partial charge in [-0.3, -0.25) is 0 Å². The van der Waals surface area contributed by atoms with Crippen LogP contribution in [0.5, 0.6) is 5.75 Å². The van der Waals surface area contributed by atoms with Crippen LogP contribution in [-0.2, 0) is 4.74 Å². The van der Waals surface area contributed by atoms with Gasteiger partial charge in [0.2, 0.25) is 0 Å². The molecule has 5 atom stereocenters. The van der Waals surface area contributed by atoms with E-state index in [9.17, 15) is 28.5 Å². The van der Waals surface area contributed by atoms with Crippen molar-refractivity contribution in [3.05, 3.63) is 65.6 Å². The summed E-state index contributed by atoms with van der Waals surface area (Å²) in [6, 6.07) is 7.53. The normalized spacial score (nSPS) is 24.4. The molecule has 194 valence electrons. The summed E-state index contributed by atoms with van der Waals surface area (Å²) in [5.74, 6) is -3.79. The van der Waals surface area contributed by atoms with E-state index in [1.807, 2.05) is 20.8 Å². The summed E-state index contributed by atoms with van der Waals surface area (Å²) < 4.78 is 51.3. The van der Waals surface area contributed by atoms with Crippen LogP contribution < -0.4 is 15.8 Å². The van der Waals surface area contributed by atoms with Gasteiger partial charge in [0.15, 0.2) is 17.5 Å². The molecule has 0 aliphatic carbocycles. The quantitative estimate of drug-likeness (QED) is 0.340. The summed E-state index contributed by atoms with van der Waals surface area (Å²) >= 11 is 1.17. The van der Waals surface area contributed by atoms with Gasteiger partial charge in [-0.1, -0.05) is 31.7 Å². The van der Waals surface area contributed by atoms with Crippen LogP contribution >= 0.6 is 11.8 Å². The van der Waals surface area contributed by atoms with Gasteiger partial charge in [0.25, 0.3) is 0 Å². The van der Waals surface area contributed by atoms with Gasteiger partial charge in [-0.15, -0.1) is 0 Å². The van der Waals surface area contributed by atoms with E-state index >= 15 is 0 Å². The van der Waals surface area contributed by atoms with Gasteiger partial charge < -0.3 is 35.8 Å². The topological polar surface area (TPSA) is 117 Å². The van der Waals surface area contributed by atoms with Crippen LogP contribution in [0.4, 0.5) is 13.2 Å². The van der Waals surface area contributed by atoms with Crippen molar-refractivity contribution in [3.8, 4) is 5.75 Å². The highest BCUT2D eigenvalue weighted by atomic mass is 32.2. The van der Waals surface area contributed by atoms with E-state index in [-0.39, 0.29) is 11.3 Å². The Morgan fingerprint density at radius 2 is 1.80 bits per heavy atom. The molecule has 1 aliphatic heterocycles. The summed E-state index contributed by atoms with van der Waals surface area (Å²) in [5.41, 5.74) is 4.67. The number of thioether (sulfide) groups is 1. The minimum absolute atomic E-state index is 0.132. The summed E-state index contributed by atoms with van der Waals surface area (Å²) in [6.07, 6.45) is -2.48. The lowest BCUT2D eigenvalue weighted by Gasteiger charge is -2.42. The highest BCUT2D eigenvalue weighted by Crippen LogP contribution is 2.34. The van der Waals surface area contributed by atoms with Crippen LogP contribution in [0.2, 0.25) is 0 Å². The predicted octanol–water partition coefficient (Wildman–Crippen LogP) is 2.98. The maximum atomic E-state index is 13.5. The van der Waals surface area contributed by atoms with Crippen LogP contribution in [0.15, 0.2) is 47.5 Å². The van der Waals surface area contributed by atoms with E-state index in [4.69, 9.17) is 15.2 Å². The second kappa shape index (κ2) is 13.6. The first-order valence-corrected chi connectivity index (χ1v) is 12.0. The molecule has 1 heterocycles. The van der Waals surface area contributed by atoms with Crippen molar-refractivity contribution in [1.82, 2.24) is 5.32 Å². The molecule has 0 radical (unpaired) electrons. The van der Waals surface area contributed by atoms with Crippen LogP contribution in [0.3, 0.4) is 0 Å². The second-order valence-electron chi connectivity index (χ2n) is 7.28. The number of nitrogens with one attached hydrogen (secondary N) is 1. The molecule has 0 saturated carbocycles. The van der Waals surface area contributed by atoms with Gasteiger partial charge in [0.05, 0.1) is 25.0 Å². The van der Waals surface area contributed by atoms with Crippen molar-refractivity contribution in [2.24, 2.45) is 5.73 Å². The third kappa shape index (κ3) is 7.28. The fourth-order valence-corrected chi connectivity index (χ4v) is 4.43. The van der Waals surface area contributed by atoms with Crippen molar-refractivity contribution in [2.45, 2.75) is 55.5 Å². The third-order valence-electron chi connectivity index (χ3n) is 5.00. The number of halogens is 3. The van der Waals surface area contributed by atoms with Crippen LogP contribution in [0, 0.1) is 17.5 Å². The highest BCUT2D eigenvalue weighted by Gasteiger charge is 2.44. The molecule has 6 N–H and O–H groups in total. The van der Waals surface area contributed by atoms with E-state index in [0.29, 0.717) is 12.4 Å². The Morgan fingerprint density at radius 1 is 1.14 bits per heavy atom. The zero-order valence-corrected chi connectivity index (χ0v) is 20.4. The molecule has 5 unspecified atom stereocenters. The van der Waals surface area contributed by atoms with E-state index in [1.54, 1.807) is 24.3 Å². The van der Waals surface area contributed by atoms with Gasteiger partial charge in [-0.2, -0.15) is 0 Å². The fraction of sp³-hybridized carbons (Fsp3) is 0.417. The lowest BCUT2D eigenvalue weighted by molar-refractivity contribution is -0.164. The molecule has 1 saturated heterocycles. The molecule has 2 aromatic rings. The molecule has 0 bridgehead atoms. The molecular formula is C24H31F3N2O5S. The largest absolute Gasteiger partial charge is 0.494 e. The minimum atomic E-state index is -1.62. The van der Waals surface area contributed by atoms with Gasteiger partial charge in [0.1, 0.15) is 29.5 Å². The Hall–Kier alpha value is -2.44. The molecule has 1 fully saturated rings. The zero-order valence-electron chi connectivity index (χ0n) is 19.6. The first-order valence-electron chi connectivity index (χ1n) is 11.1. The number of hydrogen-bond donors (Lipinski definition) is 5. The van der Waals surface area contributed by atoms with Gasteiger partial charge >= 0.3 is 0 Å². The minimum Gasteiger partial charge on any atom is -0.494 e. The Balaban J connectivity index is 0.00000210. The van der Waals surface area contributed by atoms with E-state index in [0.717, 1.165) is 23.2 Å². The molecular weight excluding hydrogens is 485 g/mol. The van der Waals surface area contributed by atoms with Crippen molar-refractivity contribution < 1.29 is 38.0 Å². The number of aliphatic hydroxyl groups is 3. The molecule has 2 aromatic carbocycles. The maximum Gasteiger partial charge on any atom is 0.194 e. The molecule has 1 aliphatic rings. The highest BCUT2D eigenvalue weighted by molar-refractivity contribution is 7.99. The average molecular weight is 517 g/mol. The molecule has 0 spiro atoms. The molecule has 3 rings (SSSR count). The second-order valence-corrected chi connectivity index (χ2v) is 8.45. The van der Waals surface area contributed by atoms with Crippen LogP contribution in [-0.4, -0.2) is 58.3 Å². The summed E-state index contributed by atoms with van der Waals surface area (Å²) in [5, 5.41) is 33.7. The van der Waals surface area contributed by atoms with Gasteiger partial charge in [-0.25, -0.2) is 13.2 Å². The molecule has 11 heteroatoms. The van der Waals surface area contributed by atoms with Crippen molar-refractivity contribution in [3.63, 3.8) is 0 Å². The standard InChI is InChI=1S/C22H25F3N2O5S.C2H6/c1-2-31-12-4-3-5-13(8-12)33-22-21(30)19(20(29)17(10-28)32-22)27-9-16(26)11-6-14(23)18(25)15(24)7-11;1-2/h3-9,17,19-22,27-30H,2,10,26H2,1H3;1-2H3/b16-9-;. The number of aliphatic hydroxyl groups excluding tert-OH is 3. The Morgan fingerprint density at radius 3 is 2.40 bits per heavy atom. The molecule has 35 heavy (non-hydrogen) atoms. The Bertz CT molecular complexity index is 974. The number of rotatable bonds is 8. The third-order valence-corrected chi connectivity index (χ3v) is 6.15. The van der Waals surface area contributed by atoms with E-state index in [2.05, 4.69) is 5.32 Å². The van der Waals surface area contributed by atoms with Crippen LogP contribution in [0.1, 0.15) is 26.3 Å². The predicted molar refractivity (Wildman–Crippen MR) is 128 cm³/mol. The van der Waals surface area contributed by atoms with Gasteiger partial charge in [0, 0.05) is 16.7 Å². The van der Waals surface area contributed by atoms with E-state index < -0.39 is 53.8 Å². The van der Waals surface area contributed by atoms with E-state index in [1.165, 1.54) is 11.8 Å². The lowest BCUT2D eigenvalue weighted by atomic mass is 9.97. The first kappa shape index (κ1) is 28.8. The number of benzene rings is 2. The van der Waals surface area contributed by atoms with Crippen molar-refractivity contribution in [1.29, 1.82) is 0 Å². The first-order chi connectivity index (χ1) is 16.7. The summed E-state index contributed by atoms with van der Waals surface area (Å²) in [4.78, 5) is 0.726. The van der Waals surface area contributed by atoms with Crippen molar-refractivity contribution >= 4 is 17.5 Å². The fourth-order valence-electron chi connectivity index (χ4n) is 3.31. The monoisotopic (exact) mass is 516 g/mol. The molecule has 0 aromatic heterocycles. The number of hydrogen-bond acceptors (Lipinski definition) is 8. The Labute approximate surface area is 206 Å². The average Bonchev–Trinajstić information content (AvgIpc) is 2.85. The van der Waals surface area contributed by atoms with Crippen molar-refractivity contribution in [2.75, 3.05) is 13.2 Å². The smallest absolute Gasteiger partial charge is 0.194 e. The lowest BCUT2D eigenvalue weighted by Crippen LogP contribution is -2.62. The number of nitrogens with two attached hydrogens (primary N) is 1. The van der Waals surface area contributed by atoms with Crippen LogP contribution in [0.25, 0.3) is 5.70 Å². The molecule has 0 amide bonds. The zero-order chi connectivity index (χ0) is 26.1. The number of ether oxygens (including phenoxy) is 2. The SMILES string of the molecule is CC.CCOc1cccc(SC2OC(CO)C(O)C(N/C=C(\N)c3cc(F)c(F)c(F)c3)C2O)c1. The van der Waals surface area contributed by atoms with Gasteiger partial charge in [-0.05, 0) is 37.3 Å². The Kier molecular flexibility index (Phi) is 11.2. The maximum absolute atomic E-state index is 13.5. The summed E-state index contributed by atoms with van der Waals surface area (Å²) in [7, 11) is 0.